The Hall–Kier alpha value is -4.19. The maximum absolute atomic E-state index is 15.6. The number of ketones is 1. The van der Waals surface area contributed by atoms with Crippen LogP contribution in [0.5, 0.6) is 5.75 Å². The molecule has 2 N–H and O–H groups in total. The number of allylic oxidation sites excluding steroid dienone is 12. The van der Waals surface area contributed by atoms with Gasteiger partial charge in [-0.3, -0.25) is 23.7 Å². The molecule has 1 aromatic heterocycles. The molecule has 0 aliphatic carbocycles. The minimum absolute atomic E-state index is 0.0503. The van der Waals surface area contributed by atoms with Crippen molar-refractivity contribution in [3.05, 3.63) is 136 Å². The maximum atomic E-state index is 15.6. The zero-order valence-electron chi connectivity index (χ0n) is 33.3. The first kappa shape index (κ1) is 47.2. The Balaban J connectivity index is 1.29. The summed E-state index contributed by atoms with van der Waals surface area (Å²) in [5.74, 6) is 0.464. The Morgan fingerprint density at radius 3 is 2.05 bits per heavy atom. The van der Waals surface area contributed by atoms with E-state index >= 15 is 4.39 Å². The Morgan fingerprint density at radius 1 is 0.877 bits per heavy atom. The molecule has 2 unspecified atom stereocenters. The van der Waals surface area contributed by atoms with E-state index in [0.717, 1.165) is 62.3 Å². The first-order valence-electron chi connectivity index (χ1n) is 19.9. The monoisotopic (exact) mass is 810 g/mol. The van der Waals surface area contributed by atoms with Crippen molar-refractivity contribution in [2.24, 2.45) is 0 Å². The van der Waals surface area contributed by atoms with Crippen LogP contribution in [0.15, 0.2) is 125 Å². The van der Waals surface area contributed by atoms with Crippen molar-refractivity contribution in [3.8, 4) is 5.75 Å². The van der Waals surface area contributed by atoms with Gasteiger partial charge >= 0.3 is 13.3 Å². The highest BCUT2D eigenvalue weighted by Gasteiger charge is 2.55. The fourth-order valence-electron chi connectivity index (χ4n) is 5.77. The summed E-state index contributed by atoms with van der Waals surface area (Å²) in [6, 6.07) is 9.45. The van der Waals surface area contributed by atoms with Crippen molar-refractivity contribution >= 4 is 13.4 Å². The van der Waals surface area contributed by atoms with Gasteiger partial charge in [0, 0.05) is 38.3 Å². The summed E-state index contributed by atoms with van der Waals surface area (Å²) < 4.78 is 53.1. The van der Waals surface area contributed by atoms with Crippen LogP contribution >= 0.6 is 7.60 Å². The van der Waals surface area contributed by atoms with Crippen LogP contribution in [0.3, 0.4) is 0 Å². The number of ether oxygens (including phenoxy) is 2. The lowest BCUT2D eigenvalue weighted by Crippen LogP contribution is -2.43. The summed E-state index contributed by atoms with van der Waals surface area (Å²) in [4.78, 5) is 38.1. The molecule has 2 heterocycles. The van der Waals surface area contributed by atoms with Crippen LogP contribution in [0.1, 0.15) is 90.7 Å². The molecule has 0 spiro atoms. The Bertz CT molecular complexity index is 1810. The molecule has 1 aromatic carbocycles. The Morgan fingerprint density at radius 2 is 1.46 bits per heavy atom. The lowest BCUT2D eigenvalue weighted by Gasteiger charge is -2.24. The third kappa shape index (κ3) is 18.3. The summed E-state index contributed by atoms with van der Waals surface area (Å²) in [6.45, 7) is 3.30. The van der Waals surface area contributed by atoms with Gasteiger partial charge in [0.05, 0.1) is 12.8 Å². The van der Waals surface area contributed by atoms with E-state index in [-0.39, 0.29) is 18.6 Å². The van der Waals surface area contributed by atoms with Gasteiger partial charge in [0.15, 0.2) is 11.9 Å². The minimum Gasteiger partial charge on any atom is -0.424 e. The molecule has 5 atom stereocenters. The molecule has 1 aliphatic rings. The Kier molecular flexibility index (Phi) is 22.1. The van der Waals surface area contributed by atoms with Gasteiger partial charge in [0.25, 0.3) is 5.56 Å². The predicted octanol–water partition coefficient (Wildman–Crippen LogP) is 9.05. The number of aliphatic hydroxyl groups excluding tert-OH is 1. The standard InChI is InChI=1S/C44H60FN2O9P/c1-3-4-5-6-7-8-9-10-11-12-13-14-15-16-17-18-19-20-22-27-37(48)28-25-33-53-34-26-35-57(52,56-38-29-23-21-24-30-38)54-36-39-41(50)44(2,45)42(55-39)47-32-31-40(49)46-43(47)51/h4-5,7-8,10-11,13-14,16-17,19-21,23-24,29-32,39,41-42,50H,3,6,9,12,15,18,22,25-28,33-36H2,1-2H3,(H,46,49,51)/b5-4-,8-7-,11-10-,14-13-,17-16-,20-19-/t39-,41-,42?,44-,57?/m1/s1. The van der Waals surface area contributed by atoms with Gasteiger partial charge in [-0.2, -0.15) is 0 Å². The molecule has 1 saturated heterocycles. The number of carbonyl (C=O) groups is 1. The van der Waals surface area contributed by atoms with Crippen molar-refractivity contribution in [1.82, 2.24) is 9.55 Å². The average molecular weight is 811 g/mol. The number of para-hydroxylation sites is 1. The number of Topliss-reactive ketones (excluding diaryl/α,β-unsaturated/α-hetero) is 1. The third-order valence-corrected chi connectivity index (χ3v) is 10.8. The van der Waals surface area contributed by atoms with Gasteiger partial charge in [0.2, 0.25) is 0 Å². The molecule has 1 fully saturated rings. The molecule has 0 amide bonds. The minimum atomic E-state index is -3.86. The lowest BCUT2D eigenvalue weighted by atomic mass is 9.98. The zero-order chi connectivity index (χ0) is 41.2. The molecule has 312 valence electrons. The maximum Gasteiger partial charge on any atom is 0.379 e. The van der Waals surface area contributed by atoms with Crippen LogP contribution in [0.25, 0.3) is 0 Å². The number of aromatic nitrogens is 2. The molecule has 11 nitrogen and oxygen atoms in total. The number of benzene rings is 1. The third-order valence-electron chi connectivity index (χ3n) is 8.90. The van der Waals surface area contributed by atoms with Crippen LogP contribution in [0.2, 0.25) is 0 Å². The number of nitrogens with one attached hydrogen (secondary N) is 1. The number of aromatic amines is 1. The molecule has 3 rings (SSSR count). The second-order valence-electron chi connectivity index (χ2n) is 13.7. The Labute approximate surface area is 336 Å². The van der Waals surface area contributed by atoms with E-state index in [2.05, 4.69) is 73.8 Å². The largest absolute Gasteiger partial charge is 0.424 e. The number of nitrogens with zero attached hydrogens (tertiary/aromatic N) is 1. The van der Waals surface area contributed by atoms with E-state index in [1.807, 2.05) is 11.1 Å². The molecule has 1 aliphatic heterocycles. The normalized spacial score (nSPS) is 21.3. The quantitative estimate of drug-likeness (QED) is 0.0488. The summed E-state index contributed by atoms with van der Waals surface area (Å²) >= 11 is 0. The van der Waals surface area contributed by atoms with Gasteiger partial charge in [-0.05, 0) is 76.8 Å². The van der Waals surface area contributed by atoms with E-state index in [1.54, 1.807) is 30.3 Å². The second kappa shape index (κ2) is 26.7. The lowest BCUT2D eigenvalue weighted by molar-refractivity contribution is -0.119. The molecule has 0 radical (unpaired) electrons. The summed E-state index contributed by atoms with van der Waals surface area (Å²) in [7, 11) is -3.86. The highest BCUT2D eigenvalue weighted by molar-refractivity contribution is 7.54. The first-order valence-corrected chi connectivity index (χ1v) is 21.6. The van der Waals surface area contributed by atoms with Crippen LogP contribution in [0, 0.1) is 0 Å². The topological polar surface area (TPSA) is 146 Å². The van der Waals surface area contributed by atoms with Crippen molar-refractivity contribution in [1.29, 1.82) is 0 Å². The second-order valence-corrected chi connectivity index (χ2v) is 15.8. The number of rotatable bonds is 28. The number of carbonyl (C=O) groups excluding carboxylic acids is 1. The first-order chi connectivity index (χ1) is 27.6. The van der Waals surface area contributed by atoms with E-state index in [1.165, 1.54) is 0 Å². The van der Waals surface area contributed by atoms with Crippen LogP contribution in [0.4, 0.5) is 4.39 Å². The van der Waals surface area contributed by atoms with Crippen LogP contribution < -0.4 is 15.8 Å². The van der Waals surface area contributed by atoms with Gasteiger partial charge < -0.3 is 19.1 Å². The number of halogens is 1. The highest BCUT2D eigenvalue weighted by atomic mass is 31.2. The molecule has 0 bridgehead atoms. The number of alkyl halides is 1. The van der Waals surface area contributed by atoms with Crippen LogP contribution in [-0.4, -0.2) is 64.3 Å². The summed E-state index contributed by atoms with van der Waals surface area (Å²) in [6.07, 6.45) is 30.4. The summed E-state index contributed by atoms with van der Waals surface area (Å²) in [5, 5.41) is 10.7. The van der Waals surface area contributed by atoms with Gasteiger partial charge in [-0.1, -0.05) is 98.0 Å². The molecular formula is C44H60FN2O9P. The smallest absolute Gasteiger partial charge is 0.379 e. The average Bonchev–Trinajstić information content (AvgIpc) is 3.41. The van der Waals surface area contributed by atoms with Crippen LogP contribution in [-0.2, 0) is 23.4 Å². The molecule has 13 heteroatoms. The van der Waals surface area contributed by atoms with E-state index in [9.17, 15) is 24.1 Å². The van der Waals surface area contributed by atoms with E-state index < -0.39 is 49.6 Å². The molecule has 2 aromatic rings. The number of hydrogen-bond acceptors (Lipinski definition) is 9. The zero-order valence-corrected chi connectivity index (χ0v) is 34.2. The fourth-order valence-corrected chi connectivity index (χ4v) is 7.38. The van der Waals surface area contributed by atoms with Crippen molar-refractivity contribution < 1.29 is 37.4 Å². The van der Waals surface area contributed by atoms with Crippen molar-refractivity contribution in [2.45, 2.75) is 109 Å². The fraction of sp³-hybridized carbons (Fsp3) is 0.477. The van der Waals surface area contributed by atoms with Gasteiger partial charge in [-0.25, -0.2) is 13.8 Å². The number of aliphatic hydroxyl groups is 1. The SMILES string of the molecule is CC/C=C\C/C=C\C/C=C\C/C=C\C/C=C\C/C=C\CCC(=O)CCCOCCCP(=O)(OC[C@H]1OC(n2ccc(=O)[nH]c2=O)[C@](C)(F)[C@@H]1O)Oc1ccccc1. The van der Waals surface area contributed by atoms with Gasteiger partial charge in [0.1, 0.15) is 23.7 Å². The number of hydrogen-bond donors (Lipinski definition) is 2. The predicted molar refractivity (Wildman–Crippen MR) is 223 cm³/mol. The van der Waals surface area contributed by atoms with E-state index in [4.69, 9.17) is 18.5 Å². The van der Waals surface area contributed by atoms with Crippen molar-refractivity contribution in [2.75, 3.05) is 26.0 Å². The van der Waals surface area contributed by atoms with Gasteiger partial charge in [-0.15, -0.1) is 0 Å². The molecular weight excluding hydrogens is 750 g/mol. The molecule has 0 saturated carbocycles. The highest BCUT2D eigenvalue weighted by Crippen LogP contribution is 2.50. The molecule has 57 heavy (non-hydrogen) atoms. The van der Waals surface area contributed by atoms with Crippen molar-refractivity contribution in [3.63, 3.8) is 0 Å². The van der Waals surface area contributed by atoms with E-state index in [0.29, 0.717) is 44.5 Å². The number of H-pyrrole nitrogens is 1. The summed E-state index contributed by atoms with van der Waals surface area (Å²) in [5.41, 5.74) is -4.02.